The van der Waals surface area contributed by atoms with Crippen molar-refractivity contribution in [2.24, 2.45) is 0 Å². The molecule has 1 aromatic carbocycles. The van der Waals surface area contributed by atoms with E-state index >= 15 is 0 Å². The second kappa shape index (κ2) is 5.72. The molecule has 0 radical (unpaired) electrons. The van der Waals surface area contributed by atoms with Gasteiger partial charge in [0.25, 0.3) is 0 Å². The standard InChI is InChI=1S/C12H18IN3/c1-14-10-2-4-11(5-3-10)15-12-6-8-16(13)9-7-12/h2-5,12,14-15H,6-9H2,1H3. The first-order chi connectivity index (χ1) is 7.78. The van der Waals surface area contributed by atoms with E-state index in [9.17, 15) is 0 Å². The van der Waals surface area contributed by atoms with Crippen LogP contribution in [-0.4, -0.2) is 29.3 Å². The van der Waals surface area contributed by atoms with Gasteiger partial charge in [0.15, 0.2) is 0 Å². The number of anilines is 2. The van der Waals surface area contributed by atoms with Crippen LogP contribution in [0.4, 0.5) is 11.4 Å². The number of nitrogens with zero attached hydrogens (tertiary/aromatic N) is 1. The molecule has 16 heavy (non-hydrogen) atoms. The van der Waals surface area contributed by atoms with Gasteiger partial charge in [-0.25, -0.2) is 3.11 Å². The molecule has 1 heterocycles. The van der Waals surface area contributed by atoms with E-state index in [1.807, 2.05) is 7.05 Å². The van der Waals surface area contributed by atoms with Gasteiger partial charge in [0.1, 0.15) is 0 Å². The summed E-state index contributed by atoms with van der Waals surface area (Å²) >= 11 is 2.40. The first-order valence-electron chi connectivity index (χ1n) is 5.73. The lowest BCUT2D eigenvalue weighted by Crippen LogP contribution is -2.33. The molecule has 4 heteroatoms. The summed E-state index contributed by atoms with van der Waals surface area (Å²) in [5.74, 6) is 0. The maximum absolute atomic E-state index is 3.59. The van der Waals surface area contributed by atoms with Gasteiger partial charge in [-0.3, -0.25) is 0 Å². The average Bonchev–Trinajstić information content (AvgIpc) is 2.33. The number of nitrogens with one attached hydrogen (secondary N) is 2. The predicted molar refractivity (Wildman–Crippen MR) is 78.2 cm³/mol. The zero-order valence-electron chi connectivity index (χ0n) is 9.54. The molecule has 1 saturated heterocycles. The summed E-state index contributed by atoms with van der Waals surface area (Å²) in [5.41, 5.74) is 2.39. The van der Waals surface area contributed by atoms with Crippen molar-refractivity contribution in [3.8, 4) is 0 Å². The summed E-state index contributed by atoms with van der Waals surface area (Å²) in [4.78, 5) is 0. The molecule has 0 aromatic heterocycles. The predicted octanol–water partition coefficient (Wildman–Crippen LogP) is 2.95. The van der Waals surface area contributed by atoms with Crippen LogP contribution in [0.1, 0.15) is 12.8 Å². The van der Waals surface area contributed by atoms with Crippen molar-refractivity contribution in [3.63, 3.8) is 0 Å². The minimum atomic E-state index is 0.631. The fraction of sp³-hybridized carbons (Fsp3) is 0.500. The Hall–Kier alpha value is -0.490. The molecule has 0 saturated carbocycles. The molecular formula is C12H18IN3. The van der Waals surface area contributed by atoms with Crippen LogP contribution in [0.2, 0.25) is 0 Å². The molecule has 1 aliphatic heterocycles. The molecule has 1 aromatic rings. The van der Waals surface area contributed by atoms with E-state index in [4.69, 9.17) is 0 Å². The van der Waals surface area contributed by atoms with Crippen molar-refractivity contribution in [2.75, 3.05) is 30.8 Å². The number of hydrogen-bond acceptors (Lipinski definition) is 3. The Morgan fingerprint density at radius 3 is 2.25 bits per heavy atom. The maximum Gasteiger partial charge on any atom is 0.0343 e. The van der Waals surface area contributed by atoms with Crippen molar-refractivity contribution < 1.29 is 0 Å². The smallest absolute Gasteiger partial charge is 0.0343 e. The highest BCUT2D eigenvalue weighted by Crippen LogP contribution is 2.19. The highest BCUT2D eigenvalue weighted by Gasteiger charge is 2.16. The Morgan fingerprint density at radius 2 is 1.69 bits per heavy atom. The van der Waals surface area contributed by atoms with Crippen LogP contribution in [0.15, 0.2) is 24.3 Å². The van der Waals surface area contributed by atoms with Crippen molar-refractivity contribution in [3.05, 3.63) is 24.3 Å². The van der Waals surface area contributed by atoms with Crippen LogP contribution in [0, 0.1) is 0 Å². The molecule has 0 spiro atoms. The molecule has 2 rings (SSSR count). The van der Waals surface area contributed by atoms with Crippen molar-refractivity contribution in [1.82, 2.24) is 3.11 Å². The van der Waals surface area contributed by atoms with Gasteiger partial charge in [0.2, 0.25) is 0 Å². The average molecular weight is 331 g/mol. The molecule has 3 nitrogen and oxygen atoms in total. The lowest BCUT2D eigenvalue weighted by Gasteiger charge is -2.28. The lowest BCUT2D eigenvalue weighted by atomic mass is 10.1. The summed E-state index contributed by atoms with van der Waals surface area (Å²) in [6, 6.07) is 9.13. The Morgan fingerprint density at radius 1 is 1.12 bits per heavy atom. The van der Waals surface area contributed by atoms with Gasteiger partial charge in [-0.15, -0.1) is 0 Å². The molecule has 2 N–H and O–H groups in total. The number of piperidine rings is 1. The van der Waals surface area contributed by atoms with Gasteiger partial charge in [-0.2, -0.15) is 0 Å². The monoisotopic (exact) mass is 331 g/mol. The Balaban J connectivity index is 1.88. The number of hydrogen-bond donors (Lipinski definition) is 2. The minimum Gasteiger partial charge on any atom is -0.388 e. The second-order valence-electron chi connectivity index (χ2n) is 4.16. The maximum atomic E-state index is 3.59. The van der Waals surface area contributed by atoms with Crippen LogP contribution in [-0.2, 0) is 0 Å². The Bertz CT molecular complexity index is 318. The fourth-order valence-electron chi connectivity index (χ4n) is 1.96. The molecule has 88 valence electrons. The minimum absolute atomic E-state index is 0.631. The zero-order chi connectivity index (χ0) is 11.4. The van der Waals surface area contributed by atoms with Crippen LogP contribution in [0.5, 0.6) is 0 Å². The SMILES string of the molecule is CNc1ccc(NC2CCN(I)CC2)cc1. The zero-order valence-corrected chi connectivity index (χ0v) is 11.7. The first-order valence-corrected chi connectivity index (χ1v) is 6.69. The number of rotatable bonds is 3. The van der Waals surface area contributed by atoms with Crippen LogP contribution in [0.3, 0.4) is 0 Å². The molecule has 1 aliphatic rings. The number of halogens is 1. The van der Waals surface area contributed by atoms with E-state index < -0.39 is 0 Å². The topological polar surface area (TPSA) is 27.3 Å². The molecule has 0 unspecified atom stereocenters. The summed E-state index contributed by atoms with van der Waals surface area (Å²) < 4.78 is 2.36. The molecule has 0 bridgehead atoms. The van der Waals surface area contributed by atoms with E-state index in [-0.39, 0.29) is 0 Å². The third-order valence-electron chi connectivity index (χ3n) is 2.98. The summed E-state index contributed by atoms with van der Waals surface area (Å²) in [7, 11) is 1.94. The van der Waals surface area contributed by atoms with Gasteiger partial charge >= 0.3 is 0 Å². The van der Waals surface area contributed by atoms with Gasteiger partial charge < -0.3 is 10.6 Å². The fourth-order valence-corrected chi connectivity index (χ4v) is 2.52. The lowest BCUT2D eigenvalue weighted by molar-refractivity contribution is 0.382. The van der Waals surface area contributed by atoms with Gasteiger partial charge in [-0.1, -0.05) is 0 Å². The van der Waals surface area contributed by atoms with Crippen molar-refractivity contribution in [2.45, 2.75) is 18.9 Å². The van der Waals surface area contributed by atoms with E-state index in [0.717, 1.165) is 5.69 Å². The van der Waals surface area contributed by atoms with Gasteiger partial charge in [0, 0.05) is 60.4 Å². The van der Waals surface area contributed by atoms with E-state index in [1.165, 1.54) is 31.6 Å². The molecule has 0 amide bonds. The Labute approximate surface area is 111 Å². The van der Waals surface area contributed by atoms with E-state index in [0.29, 0.717) is 6.04 Å². The largest absolute Gasteiger partial charge is 0.388 e. The summed E-state index contributed by atoms with van der Waals surface area (Å²) in [6.07, 6.45) is 2.47. The third-order valence-corrected chi connectivity index (χ3v) is 3.95. The summed E-state index contributed by atoms with van der Waals surface area (Å²) in [5, 5.41) is 6.72. The molecular weight excluding hydrogens is 313 g/mol. The quantitative estimate of drug-likeness (QED) is 0.659. The number of benzene rings is 1. The van der Waals surface area contributed by atoms with Gasteiger partial charge in [-0.05, 0) is 37.1 Å². The molecule has 1 fully saturated rings. The molecule has 0 atom stereocenters. The first kappa shape index (κ1) is 12.0. The summed E-state index contributed by atoms with van der Waals surface area (Å²) in [6.45, 7) is 2.37. The highest BCUT2D eigenvalue weighted by molar-refractivity contribution is 14.1. The Kier molecular flexibility index (Phi) is 4.29. The van der Waals surface area contributed by atoms with E-state index in [2.05, 4.69) is 60.9 Å². The van der Waals surface area contributed by atoms with Crippen molar-refractivity contribution >= 4 is 34.2 Å². The van der Waals surface area contributed by atoms with Crippen LogP contribution in [0.25, 0.3) is 0 Å². The third kappa shape index (κ3) is 3.25. The highest BCUT2D eigenvalue weighted by atomic mass is 127. The normalized spacial score (nSPS) is 18.4. The van der Waals surface area contributed by atoms with E-state index in [1.54, 1.807) is 0 Å². The van der Waals surface area contributed by atoms with Crippen molar-refractivity contribution in [1.29, 1.82) is 0 Å². The molecule has 0 aliphatic carbocycles. The van der Waals surface area contributed by atoms with Gasteiger partial charge in [0.05, 0.1) is 0 Å². The van der Waals surface area contributed by atoms with Crippen LogP contribution < -0.4 is 10.6 Å². The second-order valence-corrected chi connectivity index (χ2v) is 5.52. The van der Waals surface area contributed by atoms with Crippen LogP contribution >= 0.6 is 22.9 Å².